The van der Waals surface area contributed by atoms with Gasteiger partial charge in [0.1, 0.15) is 0 Å². The summed E-state index contributed by atoms with van der Waals surface area (Å²) in [6, 6.07) is 0. The van der Waals surface area contributed by atoms with E-state index in [4.69, 9.17) is 0 Å². The van der Waals surface area contributed by atoms with Gasteiger partial charge in [-0.15, -0.1) is 24.7 Å². The van der Waals surface area contributed by atoms with Crippen LogP contribution in [0.15, 0.2) is 23.7 Å². The quantitative estimate of drug-likeness (QED) is 0.215. The van der Waals surface area contributed by atoms with E-state index in [1.165, 1.54) is 13.8 Å². The molecule has 0 atom stereocenters. The summed E-state index contributed by atoms with van der Waals surface area (Å²) in [5.74, 6) is -1.70. The van der Waals surface area contributed by atoms with Crippen molar-refractivity contribution >= 4 is 11.9 Å². The number of hydrogen-bond donors (Lipinski definition) is 0. The van der Waals surface area contributed by atoms with Crippen molar-refractivity contribution in [1.29, 1.82) is 0 Å². The molecule has 0 saturated carbocycles. The van der Waals surface area contributed by atoms with Crippen LogP contribution in [-0.2, 0) is 40.8 Å². The smallest absolute Gasteiger partial charge is 0.875 e. The molecule has 168 valence electrons. The first kappa shape index (κ1) is 38.3. The fourth-order valence-corrected chi connectivity index (χ4v) is 0.988. The summed E-state index contributed by atoms with van der Waals surface area (Å²) in [6.07, 6.45) is 5.57. The second-order valence-electron chi connectivity index (χ2n) is 5.13. The Hall–Kier alpha value is -1.35. The average Bonchev–Trinajstić information content (AvgIpc) is 2.57. The van der Waals surface area contributed by atoms with Crippen molar-refractivity contribution in [2.75, 3.05) is 26.4 Å². The summed E-state index contributed by atoms with van der Waals surface area (Å²) < 4.78 is 8.87. The SMILES string of the molecule is CCCC[O-].CCCC[O-].CCOC(=O)/C=C(/C)[O-].CCOC(=O)/C=C(/C)[O-].[Ti+4]. The molecule has 0 unspecified atom stereocenters. The summed E-state index contributed by atoms with van der Waals surface area (Å²) >= 11 is 0. The van der Waals surface area contributed by atoms with Crippen LogP contribution in [0.2, 0.25) is 0 Å². The standard InChI is InChI=1S/2C6H10O3.2C4H9O.Ti/c2*1-3-9-6(8)4-5(2)7;2*1-2-3-4-5;/h2*4,7H,3H2,1-2H3;2*2-4H2,1H3;/q;;2*-1;+4/p-2/b2*5-4-;;;. The first-order valence-corrected chi connectivity index (χ1v) is 9.36. The van der Waals surface area contributed by atoms with Crippen molar-refractivity contribution in [2.24, 2.45) is 0 Å². The summed E-state index contributed by atoms with van der Waals surface area (Å²) in [5.41, 5.74) is 0. The minimum atomic E-state index is -0.565. The Morgan fingerprint density at radius 3 is 1.10 bits per heavy atom. The van der Waals surface area contributed by atoms with Crippen LogP contribution in [0.25, 0.3) is 0 Å². The van der Waals surface area contributed by atoms with Gasteiger partial charge in [0, 0.05) is 12.2 Å². The fourth-order valence-electron chi connectivity index (χ4n) is 0.988. The Morgan fingerprint density at radius 1 is 0.724 bits per heavy atom. The van der Waals surface area contributed by atoms with Crippen LogP contribution in [0, 0.1) is 0 Å². The normalized spacial score (nSPS) is 9.79. The van der Waals surface area contributed by atoms with Gasteiger partial charge in [-0.2, -0.15) is 0 Å². The van der Waals surface area contributed by atoms with Crippen LogP contribution in [-0.4, -0.2) is 38.4 Å². The third kappa shape index (κ3) is 58.4. The van der Waals surface area contributed by atoms with Crippen LogP contribution >= 0.6 is 0 Å². The van der Waals surface area contributed by atoms with E-state index in [0.29, 0.717) is 13.2 Å². The molecular formula is C20H36O8Ti. The van der Waals surface area contributed by atoms with Crippen molar-refractivity contribution in [3.63, 3.8) is 0 Å². The number of carbonyl (C=O) groups excluding carboxylic acids is 2. The molecule has 0 aromatic carbocycles. The summed E-state index contributed by atoms with van der Waals surface area (Å²) in [5, 5.41) is 39.4. The monoisotopic (exact) mass is 452 g/mol. The average molecular weight is 452 g/mol. The number of hydrogen-bond acceptors (Lipinski definition) is 8. The largest absolute Gasteiger partial charge is 4.00 e. The van der Waals surface area contributed by atoms with Gasteiger partial charge >= 0.3 is 33.7 Å². The van der Waals surface area contributed by atoms with Crippen LogP contribution in [0.4, 0.5) is 0 Å². The van der Waals surface area contributed by atoms with E-state index in [-0.39, 0.29) is 46.4 Å². The van der Waals surface area contributed by atoms with Crippen LogP contribution < -0.4 is 20.4 Å². The van der Waals surface area contributed by atoms with Gasteiger partial charge in [-0.1, -0.05) is 53.4 Å². The van der Waals surface area contributed by atoms with E-state index in [1.54, 1.807) is 13.8 Å². The van der Waals surface area contributed by atoms with Gasteiger partial charge in [0.25, 0.3) is 0 Å². The van der Waals surface area contributed by atoms with Gasteiger partial charge in [-0.3, -0.25) is 0 Å². The molecule has 9 heteroatoms. The maximum Gasteiger partial charge on any atom is 4.00 e. The number of ether oxygens (including phenoxy) is 2. The third-order valence-electron chi connectivity index (χ3n) is 2.21. The number of unbranched alkanes of at least 4 members (excludes halogenated alkanes) is 2. The first-order valence-electron chi connectivity index (χ1n) is 9.36. The van der Waals surface area contributed by atoms with Gasteiger partial charge in [0.2, 0.25) is 0 Å². The van der Waals surface area contributed by atoms with E-state index < -0.39 is 11.9 Å². The van der Waals surface area contributed by atoms with Gasteiger partial charge in [-0.05, 0) is 13.8 Å². The molecule has 0 amide bonds. The van der Waals surface area contributed by atoms with Crippen molar-refractivity contribution in [3.05, 3.63) is 23.7 Å². The molecule has 0 aliphatic rings. The second kappa shape index (κ2) is 34.2. The maximum absolute atomic E-state index is 10.4. The van der Waals surface area contributed by atoms with E-state index in [1.807, 2.05) is 13.8 Å². The summed E-state index contributed by atoms with van der Waals surface area (Å²) in [4.78, 5) is 20.7. The first-order chi connectivity index (χ1) is 13.2. The van der Waals surface area contributed by atoms with Gasteiger partial charge in [-0.25, -0.2) is 9.59 Å². The maximum atomic E-state index is 10.4. The Balaban J connectivity index is -0.0000000907. The summed E-state index contributed by atoms with van der Waals surface area (Å²) in [7, 11) is 0. The fraction of sp³-hybridized carbons (Fsp3) is 0.700. The Labute approximate surface area is 190 Å². The molecule has 0 rings (SSSR count). The molecule has 29 heavy (non-hydrogen) atoms. The van der Waals surface area contributed by atoms with Gasteiger partial charge < -0.3 is 29.9 Å². The van der Waals surface area contributed by atoms with Gasteiger partial charge in [0.05, 0.1) is 13.2 Å². The van der Waals surface area contributed by atoms with Gasteiger partial charge in [0.15, 0.2) is 0 Å². The van der Waals surface area contributed by atoms with Crippen LogP contribution in [0.3, 0.4) is 0 Å². The molecule has 0 aromatic heterocycles. The number of rotatable bonds is 8. The second-order valence-corrected chi connectivity index (χ2v) is 5.13. The van der Waals surface area contributed by atoms with Crippen molar-refractivity contribution in [3.8, 4) is 0 Å². The van der Waals surface area contributed by atoms with E-state index in [2.05, 4.69) is 9.47 Å². The van der Waals surface area contributed by atoms with Crippen molar-refractivity contribution < 1.29 is 61.2 Å². The predicted octanol–water partition coefficient (Wildman–Crippen LogP) is -0.0817. The molecule has 0 aromatic rings. The molecule has 0 heterocycles. The van der Waals surface area contributed by atoms with Crippen molar-refractivity contribution in [1.82, 2.24) is 0 Å². The van der Waals surface area contributed by atoms with E-state index in [0.717, 1.165) is 37.8 Å². The molecule has 0 radical (unpaired) electrons. The zero-order chi connectivity index (χ0) is 22.8. The zero-order valence-corrected chi connectivity index (χ0v) is 20.1. The van der Waals surface area contributed by atoms with Crippen LogP contribution in [0.1, 0.15) is 67.2 Å². The number of esters is 2. The van der Waals surface area contributed by atoms with E-state index in [9.17, 15) is 30.0 Å². The van der Waals surface area contributed by atoms with E-state index >= 15 is 0 Å². The molecule has 0 fully saturated rings. The predicted molar refractivity (Wildman–Crippen MR) is 100 cm³/mol. The molecule has 8 nitrogen and oxygen atoms in total. The molecule has 0 bridgehead atoms. The zero-order valence-electron chi connectivity index (χ0n) is 18.6. The molecule has 0 saturated heterocycles. The Kier molecular flexibility index (Phi) is 45.1. The van der Waals surface area contributed by atoms with Crippen LogP contribution in [0.5, 0.6) is 0 Å². The Bertz CT molecular complexity index is 359. The Morgan fingerprint density at radius 2 is 1.00 bits per heavy atom. The third-order valence-corrected chi connectivity index (χ3v) is 2.21. The number of allylic oxidation sites excluding steroid dienone is 2. The topological polar surface area (TPSA) is 145 Å². The molecule has 0 spiro atoms. The van der Waals surface area contributed by atoms with Crippen molar-refractivity contribution in [2.45, 2.75) is 67.2 Å². The minimum Gasteiger partial charge on any atom is -0.875 e. The molecule has 0 N–H and O–H groups in total. The number of carbonyl (C=O) groups is 2. The molecule has 0 aliphatic heterocycles. The minimum absolute atomic E-state index is 0. The molecular weight excluding hydrogens is 416 g/mol. The summed E-state index contributed by atoms with van der Waals surface area (Å²) in [6.45, 7) is 10.8. The molecule has 0 aliphatic carbocycles.